The number of aromatic nitrogens is 1. The van der Waals surface area contributed by atoms with Gasteiger partial charge in [0.2, 0.25) is 0 Å². The minimum absolute atomic E-state index is 0.814. The van der Waals surface area contributed by atoms with Crippen molar-refractivity contribution in [3.63, 3.8) is 0 Å². The number of hydrogen-bond donors (Lipinski definition) is 1. The summed E-state index contributed by atoms with van der Waals surface area (Å²) >= 11 is 0. The maximum absolute atomic E-state index is 4.69. The van der Waals surface area contributed by atoms with Crippen LogP contribution in [0.3, 0.4) is 0 Å². The second-order valence-corrected chi connectivity index (χ2v) is 4.64. The Labute approximate surface area is 107 Å². The molecule has 0 saturated carbocycles. The van der Waals surface area contributed by atoms with Gasteiger partial charge in [-0.05, 0) is 30.3 Å². The number of fused-ring (bicyclic) bond motifs is 1. The van der Waals surface area contributed by atoms with Crippen molar-refractivity contribution in [1.82, 2.24) is 10.3 Å². The Morgan fingerprint density at radius 2 is 1.78 bits per heavy atom. The number of nitrogens with one attached hydrogen (secondary N) is 1. The van der Waals surface area contributed by atoms with Gasteiger partial charge in [-0.15, -0.1) is 0 Å². The van der Waals surface area contributed by atoms with Crippen molar-refractivity contribution in [2.45, 2.75) is 19.6 Å². The fourth-order valence-corrected chi connectivity index (χ4v) is 2.42. The van der Waals surface area contributed by atoms with Gasteiger partial charge in [0, 0.05) is 19.6 Å². The number of hydrogen-bond acceptors (Lipinski definition) is 3. The highest BCUT2D eigenvalue weighted by atomic mass is 15.2. The molecular formula is C15H17N3. The third-order valence-electron chi connectivity index (χ3n) is 3.31. The van der Waals surface area contributed by atoms with Crippen molar-refractivity contribution < 1.29 is 0 Å². The summed E-state index contributed by atoms with van der Waals surface area (Å²) in [6.07, 6.45) is 0. The zero-order chi connectivity index (χ0) is 12.4. The molecule has 3 nitrogen and oxygen atoms in total. The van der Waals surface area contributed by atoms with E-state index in [0.29, 0.717) is 0 Å². The molecule has 0 saturated heterocycles. The fourth-order valence-electron chi connectivity index (χ4n) is 2.42. The predicted octanol–water partition coefficient (Wildman–Crippen LogP) is 2.32. The lowest BCUT2D eigenvalue weighted by Gasteiger charge is -2.17. The topological polar surface area (TPSA) is 28.2 Å². The molecule has 1 aromatic heterocycles. The van der Waals surface area contributed by atoms with E-state index < -0.39 is 0 Å². The van der Waals surface area contributed by atoms with Crippen LogP contribution in [-0.2, 0) is 19.6 Å². The first-order chi connectivity index (χ1) is 8.86. The number of nitrogens with zero attached hydrogens (tertiary/aromatic N) is 2. The molecule has 1 N–H and O–H groups in total. The molecule has 0 atom stereocenters. The van der Waals surface area contributed by atoms with Gasteiger partial charge in [0.25, 0.3) is 0 Å². The summed E-state index contributed by atoms with van der Waals surface area (Å²) in [7, 11) is 1.94. The molecule has 2 aromatic rings. The highest BCUT2D eigenvalue weighted by molar-refractivity contribution is 5.47. The summed E-state index contributed by atoms with van der Waals surface area (Å²) in [6, 6.07) is 14.8. The Bertz CT molecular complexity index is 526. The van der Waals surface area contributed by atoms with Crippen LogP contribution in [0.15, 0.2) is 42.5 Å². The lowest BCUT2D eigenvalue weighted by Crippen LogP contribution is -2.17. The van der Waals surface area contributed by atoms with Crippen LogP contribution in [0.5, 0.6) is 0 Å². The standard InChI is InChI=1S/C15H17N3/c1-16-9-14-7-4-8-15(17-14)18-10-12-5-2-3-6-13(12)11-18/h2-8,16H,9-11H2,1H3. The van der Waals surface area contributed by atoms with Gasteiger partial charge in [-0.1, -0.05) is 30.3 Å². The van der Waals surface area contributed by atoms with Crippen LogP contribution < -0.4 is 10.2 Å². The predicted molar refractivity (Wildman–Crippen MR) is 73.3 cm³/mol. The molecule has 1 aliphatic rings. The van der Waals surface area contributed by atoms with Crippen molar-refractivity contribution in [3.8, 4) is 0 Å². The highest BCUT2D eigenvalue weighted by Crippen LogP contribution is 2.26. The molecule has 0 spiro atoms. The van der Waals surface area contributed by atoms with Crippen molar-refractivity contribution in [2.75, 3.05) is 11.9 Å². The summed E-state index contributed by atoms with van der Waals surface area (Å²) in [5.41, 5.74) is 3.92. The van der Waals surface area contributed by atoms with Gasteiger partial charge in [0.05, 0.1) is 5.69 Å². The zero-order valence-corrected chi connectivity index (χ0v) is 10.6. The van der Waals surface area contributed by atoms with Gasteiger partial charge in [-0.2, -0.15) is 0 Å². The third-order valence-corrected chi connectivity index (χ3v) is 3.31. The van der Waals surface area contributed by atoms with Gasteiger partial charge in [0.15, 0.2) is 0 Å². The van der Waals surface area contributed by atoms with Crippen LogP contribution in [0, 0.1) is 0 Å². The lowest BCUT2D eigenvalue weighted by atomic mass is 10.1. The first-order valence-electron chi connectivity index (χ1n) is 6.29. The summed E-state index contributed by atoms with van der Waals surface area (Å²) in [4.78, 5) is 7.01. The summed E-state index contributed by atoms with van der Waals surface area (Å²) in [5.74, 6) is 1.07. The van der Waals surface area contributed by atoms with Crippen molar-refractivity contribution in [3.05, 3.63) is 59.3 Å². The van der Waals surface area contributed by atoms with Crippen LogP contribution in [-0.4, -0.2) is 12.0 Å². The molecule has 2 heterocycles. The maximum Gasteiger partial charge on any atom is 0.129 e. The Balaban J connectivity index is 1.83. The molecule has 0 amide bonds. The second-order valence-electron chi connectivity index (χ2n) is 4.64. The van der Waals surface area contributed by atoms with E-state index in [2.05, 4.69) is 52.7 Å². The van der Waals surface area contributed by atoms with E-state index in [1.165, 1.54) is 11.1 Å². The first kappa shape index (κ1) is 11.2. The quantitative estimate of drug-likeness (QED) is 0.891. The Morgan fingerprint density at radius 3 is 2.44 bits per heavy atom. The second kappa shape index (κ2) is 4.78. The van der Waals surface area contributed by atoms with E-state index >= 15 is 0 Å². The molecule has 0 unspecified atom stereocenters. The minimum Gasteiger partial charge on any atom is -0.348 e. The van der Waals surface area contributed by atoms with E-state index in [0.717, 1.165) is 31.1 Å². The Kier molecular flexibility index (Phi) is 2.99. The van der Waals surface area contributed by atoms with Gasteiger partial charge < -0.3 is 10.2 Å². The van der Waals surface area contributed by atoms with Crippen molar-refractivity contribution >= 4 is 5.82 Å². The Morgan fingerprint density at radius 1 is 1.06 bits per heavy atom. The van der Waals surface area contributed by atoms with Crippen molar-refractivity contribution in [1.29, 1.82) is 0 Å². The lowest BCUT2D eigenvalue weighted by molar-refractivity contribution is 0.777. The molecule has 0 bridgehead atoms. The van der Waals surface area contributed by atoms with Gasteiger partial charge >= 0.3 is 0 Å². The molecule has 0 radical (unpaired) electrons. The summed E-state index contributed by atoms with van der Waals surface area (Å²) in [5, 5.41) is 3.14. The molecule has 0 aliphatic carbocycles. The summed E-state index contributed by atoms with van der Waals surface area (Å²) < 4.78 is 0. The normalized spacial score (nSPS) is 13.7. The molecule has 0 fully saturated rings. The smallest absolute Gasteiger partial charge is 0.129 e. The van der Waals surface area contributed by atoms with E-state index in [1.807, 2.05) is 7.05 Å². The van der Waals surface area contributed by atoms with Crippen LogP contribution in [0.25, 0.3) is 0 Å². The first-order valence-corrected chi connectivity index (χ1v) is 6.29. The number of benzene rings is 1. The average Bonchev–Trinajstić information content (AvgIpc) is 2.83. The van der Waals surface area contributed by atoms with E-state index in [4.69, 9.17) is 4.98 Å². The van der Waals surface area contributed by atoms with E-state index in [-0.39, 0.29) is 0 Å². The number of rotatable bonds is 3. The van der Waals surface area contributed by atoms with E-state index in [1.54, 1.807) is 0 Å². The van der Waals surface area contributed by atoms with Crippen LogP contribution in [0.4, 0.5) is 5.82 Å². The molecule has 92 valence electrons. The summed E-state index contributed by atoms with van der Waals surface area (Å²) in [6.45, 7) is 2.74. The molecule has 18 heavy (non-hydrogen) atoms. The van der Waals surface area contributed by atoms with Gasteiger partial charge in [-0.25, -0.2) is 4.98 Å². The fraction of sp³-hybridized carbons (Fsp3) is 0.267. The maximum atomic E-state index is 4.69. The van der Waals surface area contributed by atoms with Gasteiger partial charge in [-0.3, -0.25) is 0 Å². The van der Waals surface area contributed by atoms with E-state index in [9.17, 15) is 0 Å². The molecule has 3 heteroatoms. The number of anilines is 1. The van der Waals surface area contributed by atoms with Crippen LogP contribution in [0.1, 0.15) is 16.8 Å². The average molecular weight is 239 g/mol. The molecule has 1 aromatic carbocycles. The third kappa shape index (κ3) is 2.09. The zero-order valence-electron chi connectivity index (χ0n) is 10.6. The van der Waals surface area contributed by atoms with Gasteiger partial charge in [0.1, 0.15) is 5.82 Å². The van der Waals surface area contributed by atoms with Crippen LogP contribution in [0.2, 0.25) is 0 Å². The van der Waals surface area contributed by atoms with Crippen molar-refractivity contribution in [2.24, 2.45) is 0 Å². The van der Waals surface area contributed by atoms with Crippen LogP contribution >= 0.6 is 0 Å². The monoisotopic (exact) mass is 239 g/mol. The highest BCUT2D eigenvalue weighted by Gasteiger charge is 2.19. The molecule has 1 aliphatic heterocycles. The SMILES string of the molecule is CNCc1cccc(N2Cc3ccccc3C2)n1. The molecule has 3 rings (SSSR count). The number of pyridine rings is 1. The minimum atomic E-state index is 0.814. The molecular weight excluding hydrogens is 222 g/mol. The Hall–Kier alpha value is -1.87. The largest absolute Gasteiger partial charge is 0.348 e.